The Balaban J connectivity index is 1.90. The molecule has 2 aliphatic rings. The van der Waals surface area contributed by atoms with Crippen LogP contribution in [0.4, 0.5) is 8.78 Å². The summed E-state index contributed by atoms with van der Waals surface area (Å²) in [5.74, 6) is -3.34. The third-order valence-corrected chi connectivity index (χ3v) is 3.91. The molecule has 0 radical (unpaired) electrons. The first-order valence-corrected chi connectivity index (χ1v) is 6.18. The van der Waals surface area contributed by atoms with Crippen molar-refractivity contribution in [2.45, 2.75) is 50.6 Å². The van der Waals surface area contributed by atoms with E-state index in [0.29, 0.717) is 32.4 Å². The van der Waals surface area contributed by atoms with Crippen molar-refractivity contribution >= 4 is 5.91 Å². The highest BCUT2D eigenvalue weighted by Gasteiger charge is 2.44. The molecule has 1 aliphatic heterocycles. The summed E-state index contributed by atoms with van der Waals surface area (Å²) in [6.45, 7) is 2.71. The van der Waals surface area contributed by atoms with Crippen molar-refractivity contribution < 1.29 is 18.7 Å². The van der Waals surface area contributed by atoms with E-state index in [0.717, 1.165) is 0 Å². The third-order valence-electron chi connectivity index (χ3n) is 3.91. The van der Waals surface area contributed by atoms with E-state index >= 15 is 0 Å². The van der Waals surface area contributed by atoms with Gasteiger partial charge in [-0.2, -0.15) is 0 Å². The van der Waals surface area contributed by atoms with Crippen molar-refractivity contribution in [3.63, 3.8) is 0 Å². The van der Waals surface area contributed by atoms with E-state index in [9.17, 15) is 18.7 Å². The Bertz CT molecular complexity index is 308. The smallest absolute Gasteiger partial charge is 0.248 e. The second-order valence-electron chi connectivity index (χ2n) is 5.62. The SMILES string of the molecule is CC1(O)CCN(C(=O)C2CCC(F)(F)C2)CC1. The Labute approximate surface area is 99.8 Å². The van der Waals surface area contributed by atoms with Crippen LogP contribution in [0.5, 0.6) is 0 Å². The van der Waals surface area contributed by atoms with Gasteiger partial charge >= 0.3 is 0 Å². The second kappa shape index (κ2) is 4.19. The van der Waals surface area contributed by atoms with Gasteiger partial charge in [-0.1, -0.05) is 0 Å². The molecule has 0 bridgehead atoms. The Morgan fingerprint density at radius 1 is 1.29 bits per heavy atom. The molecule has 0 aromatic heterocycles. The van der Waals surface area contributed by atoms with E-state index in [1.165, 1.54) is 0 Å². The van der Waals surface area contributed by atoms with Crippen LogP contribution in [-0.2, 0) is 4.79 Å². The fraction of sp³-hybridized carbons (Fsp3) is 0.917. The zero-order valence-corrected chi connectivity index (χ0v) is 10.1. The average molecular weight is 247 g/mol. The third kappa shape index (κ3) is 2.94. The summed E-state index contributed by atoms with van der Waals surface area (Å²) in [4.78, 5) is 13.6. The molecular weight excluding hydrogens is 228 g/mol. The number of alkyl halides is 2. The van der Waals surface area contributed by atoms with Gasteiger partial charge in [0.25, 0.3) is 0 Å². The summed E-state index contributed by atoms with van der Waals surface area (Å²) < 4.78 is 26.1. The highest BCUT2D eigenvalue weighted by Crippen LogP contribution is 2.40. The van der Waals surface area contributed by atoms with Gasteiger partial charge < -0.3 is 10.0 Å². The molecule has 1 saturated heterocycles. The zero-order valence-electron chi connectivity index (χ0n) is 10.1. The number of piperidine rings is 1. The molecule has 0 spiro atoms. The molecule has 1 aliphatic carbocycles. The van der Waals surface area contributed by atoms with E-state index in [2.05, 4.69) is 0 Å². The van der Waals surface area contributed by atoms with Crippen LogP contribution in [-0.4, -0.2) is 40.5 Å². The van der Waals surface area contributed by atoms with Crippen molar-refractivity contribution in [2.24, 2.45) is 5.92 Å². The Morgan fingerprint density at radius 2 is 1.88 bits per heavy atom. The van der Waals surface area contributed by atoms with Gasteiger partial charge in [-0.3, -0.25) is 4.79 Å². The van der Waals surface area contributed by atoms with Crippen molar-refractivity contribution in [3.05, 3.63) is 0 Å². The summed E-state index contributed by atoms with van der Waals surface area (Å²) in [5, 5.41) is 9.76. The molecule has 1 amide bonds. The molecule has 17 heavy (non-hydrogen) atoms. The van der Waals surface area contributed by atoms with Gasteiger partial charge in [-0.25, -0.2) is 8.78 Å². The lowest BCUT2D eigenvalue weighted by atomic mass is 9.93. The van der Waals surface area contributed by atoms with E-state index in [1.54, 1.807) is 11.8 Å². The van der Waals surface area contributed by atoms with Crippen LogP contribution in [0.15, 0.2) is 0 Å². The zero-order chi connectivity index (χ0) is 12.7. The first kappa shape index (κ1) is 12.7. The van der Waals surface area contributed by atoms with Gasteiger partial charge in [0.15, 0.2) is 0 Å². The Morgan fingerprint density at radius 3 is 2.35 bits per heavy atom. The van der Waals surface area contributed by atoms with Crippen molar-refractivity contribution in [1.82, 2.24) is 4.90 Å². The fourth-order valence-corrected chi connectivity index (χ4v) is 2.63. The lowest BCUT2D eigenvalue weighted by molar-refractivity contribution is -0.140. The maximum absolute atomic E-state index is 13.0. The first-order valence-electron chi connectivity index (χ1n) is 6.18. The number of nitrogens with zero attached hydrogens (tertiary/aromatic N) is 1. The van der Waals surface area contributed by atoms with E-state index in [-0.39, 0.29) is 18.7 Å². The maximum Gasteiger partial charge on any atom is 0.248 e. The molecule has 2 fully saturated rings. The van der Waals surface area contributed by atoms with Crippen LogP contribution < -0.4 is 0 Å². The summed E-state index contributed by atoms with van der Waals surface area (Å²) in [6.07, 6.45) is 0.871. The van der Waals surface area contributed by atoms with Gasteiger partial charge in [0.2, 0.25) is 11.8 Å². The summed E-state index contributed by atoms with van der Waals surface area (Å²) in [6, 6.07) is 0. The molecule has 1 saturated carbocycles. The number of rotatable bonds is 1. The molecule has 1 atom stereocenters. The Hall–Kier alpha value is -0.710. The minimum absolute atomic E-state index is 0.155. The normalized spacial score (nSPS) is 31.5. The molecule has 2 rings (SSSR count). The van der Waals surface area contributed by atoms with Crippen LogP contribution in [0.1, 0.15) is 39.0 Å². The average Bonchev–Trinajstić information content (AvgIpc) is 2.58. The predicted molar refractivity (Wildman–Crippen MR) is 58.7 cm³/mol. The number of likely N-dealkylation sites (tertiary alicyclic amines) is 1. The van der Waals surface area contributed by atoms with E-state index < -0.39 is 17.4 Å². The molecule has 1 N–H and O–H groups in total. The molecule has 98 valence electrons. The highest BCUT2D eigenvalue weighted by atomic mass is 19.3. The molecule has 3 nitrogen and oxygen atoms in total. The van der Waals surface area contributed by atoms with Crippen molar-refractivity contribution in [1.29, 1.82) is 0 Å². The van der Waals surface area contributed by atoms with Gasteiger partial charge in [0.1, 0.15) is 0 Å². The van der Waals surface area contributed by atoms with Crippen LogP contribution in [0.2, 0.25) is 0 Å². The summed E-state index contributed by atoms with van der Waals surface area (Å²) in [5.41, 5.74) is -0.712. The number of hydrogen-bond donors (Lipinski definition) is 1. The van der Waals surface area contributed by atoms with Gasteiger partial charge in [0.05, 0.1) is 5.60 Å². The fourth-order valence-electron chi connectivity index (χ4n) is 2.63. The topological polar surface area (TPSA) is 40.5 Å². The highest BCUT2D eigenvalue weighted by molar-refractivity contribution is 5.79. The second-order valence-corrected chi connectivity index (χ2v) is 5.62. The van der Waals surface area contributed by atoms with Gasteiger partial charge in [-0.05, 0) is 26.2 Å². The van der Waals surface area contributed by atoms with Crippen molar-refractivity contribution in [3.8, 4) is 0 Å². The number of hydrogen-bond acceptors (Lipinski definition) is 2. The lowest BCUT2D eigenvalue weighted by Crippen LogP contribution is -2.46. The quantitative estimate of drug-likeness (QED) is 0.767. The minimum atomic E-state index is -2.67. The lowest BCUT2D eigenvalue weighted by Gasteiger charge is -2.36. The van der Waals surface area contributed by atoms with E-state index in [4.69, 9.17) is 0 Å². The molecule has 1 heterocycles. The van der Waals surface area contributed by atoms with Crippen LogP contribution in [0.3, 0.4) is 0 Å². The maximum atomic E-state index is 13.0. The van der Waals surface area contributed by atoms with Crippen LogP contribution >= 0.6 is 0 Å². The number of carbonyl (C=O) groups excluding carboxylic acids is 1. The number of amides is 1. The first-order chi connectivity index (χ1) is 7.79. The summed E-state index contributed by atoms with van der Waals surface area (Å²) >= 11 is 0. The molecule has 0 aromatic rings. The minimum Gasteiger partial charge on any atom is -0.390 e. The van der Waals surface area contributed by atoms with Gasteiger partial charge in [-0.15, -0.1) is 0 Å². The molecule has 5 heteroatoms. The van der Waals surface area contributed by atoms with Crippen LogP contribution in [0, 0.1) is 5.92 Å². The molecule has 0 aromatic carbocycles. The summed E-state index contributed by atoms with van der Waals surface area (Å²) in [7, 11) is 0. The van der Waals surface area contributed by atoms with Crippen LogP contribution in [0.25, 0.3) is 0 Å². The molecule has 1 unspecified atom stereocenters. The van der Waals surface area contributed by atoms with E-state index in [1.807, 2.05) is 0 Å². The standard InChI is InChI=1S/C12H19F2NO2/c1-11(17)4-6-15(7-5-11)10(16)9-2-3-12(13,14)8-9/h9,17H,2-8H2,1H3. The Kier molecular flexibility index (Phi) is 3.14. The van der Waals surface area contributed by atoms with Crippen molar-refractivity contribution in [2.75, 3.05) is 13.1 Å². The number of aliphatic hydroxyl groups is 1. The largest absolute Gasteiger partial charge is 0.390 e. The number of carbonyl (C=O) groups is 1. The monoisotopic (exact) mass is 247 g/mol. The van der Waals surface area contributed by atoms with Gasteiger partial charge in [0, 0.05) is 31.8 Å². The predicted octanol–water partition coefficient (Wildman–Crippen LogP) is 1.80. The molecular formula is C12H19F2NO2. The number of halogens is 2.